The van der Waals surface area contributed by atoms with Crippen LogP contribution in [0, 0.1) is 0 Å². The van der Waals surface area contributed by atoms with Gasteiger partial charge in [0.05, 0.1) is 12.1 Å². The molecule has 3 aromatic rings. The maximum Gasteiger partial charge on any atom is 0.180 e. The number of halogens is 2. The molecule has 0 bridgehead atoms. The Bertz CT molecular complexity index is 944. The summed E-state index contributed by atoms with van der Waals surface area (Å²) < 4.78 is 11.4. The Balaban J connectivity index is 1.73. The van der Waals surface area contributed by atoms with Gasteiger partial charge in [-0.15, -0.1) is 0 Å². The van der Waals surface area contributed by atoms with Crippen molar-refractivity contribution in [3.63, 3.8) is 0 Å². The number of ether oxygens (including phenoxy) is 2. The predicted molar refractivity (Wildman–Crippen MR) is 117 cm³/mol. The molecule has 3 nitrogen and oxygen atoms in total. The molecular formula is C23H23Cl2NO2. The number of para-hydroxylation sites is 1. The number of rotatable bonds is 8. The highest BCUT2D eigenvalue weighted by Crippen LogP contribution is 2.37. The summed E-state index contributed by atoms with van der Waals surface area (Å²) in [5.74, 6) is 1.14. The lowest BCUT2D eigenvalue weighted by molar-refractivity contribution is 0.284. The molecule has 0 fully saturated rings. The van der Waals surface area contributed by atoms with Gasteiger partial charge >= 0.3 is 0 Å². The highest BCUT2D eigenvalue weighted by molar-refractivity contribution is 6.32. The zero-order chi connectivity index (χ0) is 19.9. The van der Waals surface area contributed by atoms with Crippen LogP contribution in [0.15, 0.2) is 60.7 Å². The standard InChI is InChI=1S/C23H23Cl2NO2/c1-3-18-8-4-5-10-21(18)26-14-17-12-20(25)23(22(13-17)27-2)28-15-16-7-6-9-19(24)11-16/h4-13,26H,3,14-15H2,1-2H3. The van der Waals surface area contributed by atoms with Crippen molar-refractivity contribution >= 4 is 28.9 Å². The molecule has 0 aromatic heterocycles. The molecule has 0 heterocycles. The first-order chi connectivity index (χ1) is 13.6. The molecule has 0 aliphatic rings. The Morgan fingerprint density at radius 3 is 2.50 bits per heavy atom. The third-order valence-electron chi connectivity index (χ3n) is 4.44. The number of hydrogen-bond donors (Lipinski definition) is 1. The van der Waals surface area contributed by atoms with E-state index in [9.17, 15) is 0 Å². The Morgan fingerprint density at radius 1 is 0.929 bits per heavy atom. The molecule has 0 spiro atoms. The Labute approximate surface area is 176 Å². The minimum atomic E-state index is 0.359. The van der Waals surface area contributed by atoms with Gasteiger partial charge in [-0.2, -0.15) is 0 Å². The lowest BCUT2D eigenvalue weighted by Gasteiger charge is -2.16. The first kappa shape index (κ1) is 20.4. The largest absolute Gasteiger partial charge is 0.493 e. The second-order valence-electron chi connectivity index (χ2n) is 6.39. The molecule has 5 heteroatoms. The van der Waals surface area contributed by atoms with Crippen molar-refractivity contribution < 1.29 is 9.47 Å². The monoisotopic (exact) mass is 415 g/mol. The maximum atomic E-state index is 6.49. The van der Waals surface area contributed by atoms with Gasteiger partial charge in [0.2, 0.25) is 0 Å². The molecule has 28 heavy (non-hydrogen) atoms. The minimum absolute atomic E-state index is 0.359. The zero-order valence-corrected chi connectivity index (χ0v) is 17.5. The Morgan fingerprint density at radius 2 is 1.75 bits per heavy atom. The molecule has 1 N–H and O–H groups in total. The van der Waals surface area contributed by atoms with Gasteiger partial charge in [0, 0.05) is 17.3 Å². The fourth-order valence-corrected chi connectivity index (χ4v) is 3.50. The summed E-state index contributed by atoms with van der Waals surface area (Å²) in [6.07, 6.45) is 0.976. The van der Waals surface area contributed by atoms with Gasteiger partial charge in [-0.25, -0.2) is 0 Å². The number of anilines is 1. The summed E-state index contributed by atoms with van der Waals surface area (Å²) in [4.78, 5) is 0. The van der Waals surface area contributed by atoms with E-state index in [-0.39, 0.29) is 0 Å². The minimum Gasteiger partial charge on any atom is -0.493 e. The van der Waals surface area contributed by atoms with E-state index < -0.39 is 0 Å². The van der Waals surface area contributed by atoms with Gasteiger partial charge in [0.1, 0.15) is 6.61 Å². The third kappa shape index (κ3) is 5.12. The van der Waals surface area contributed by atoms with Crippen LogP contribution in [0.4, 0.5) is 5.69 Å². The molecule has 0 saturated heterocycles. The van der Waals surface area contributed by atoms with E-state index in [0.29, 0.717) is 34.7 Å². The van der Waals surface area contributed by atoms with Crippen LogP contribution in [-0.4, -0.2) is 7.11 Å². The zero-order valence-electron chi connectivity index (χ0n) is 16.0. The molecule has 0 saturated carbocycles. The molecule has 0 unspecified atom stereocenters. The summed E-state index contributed by atoms with van der Waals surface area (Å²) in [7, 11) is 1.61. The van der Waals surface area contributed by atoms with Crippen molar-refractivity contribution in [1.29, 1.82) is 0 Å². The molecule has 0 radical (unpaired) electrons. The van der Waals surface area contributed by atoms with Crippen LogP contribution in [0.2, 0.25) is 10.0 Å². The SMILES string of the molecule is CCc1ccccc1NCc1cc(Cl)c(OCc2cccc(Cl)c2)c(OC)c1. The van der Waals surface area contributed by atoms with E-state index in [0.717, 1.165) is 23.2 Å². The molecule has 0 atom stereocenters. The second-order valence-corrected chi connectivity index (χ2v) is 7.24. The first-order valence-corrected chi connectivity index (χ1v) is 9.91. The van der Waals surface area contributed by atoms with Crippen molar-refractivity contribution in [3.05, 3.63) is 87.4 Å². The van der Waals surface area contributed by atoms with E-state index in [4.69, 9.17) is 32.7 Å². The highest BCUT2D eigenvalue weighted by atomic mass is 35.5. The van der Waals surface area contributed by atoms with Crippen molar-refractivity contribution in [3.8, 4) is 11.5 Å². The van der Waals surface area contributed by atoms with E-state index in [1.807, 2.05) is 42.5 Å². The average molecular weight is 416 g/mol. The smallest absolute Gasteiger partial charge is 0.180 e. The van der Waals surface area contributed by atoms with Crippen LogP contribution >= 0.6 is 23.2 Å². The summed E-state index contributed by atoms with van der Waals surface area (Å²) in [5, 5.41) is 4.66. The van der Waals surface area contributed by atoms with Crippen LogP contribution in [0.1, 0.15) is 23.6 Å². The number of aryl methyl sites for hydroxylation is 1. The first-order valence-electron chi connectivity index (χ1n) is 9.16. The second kappa shape index (κ2) is 9.72. The van der Waals surface area contributed by atoms with Crippen molar-refractivity contribution in [1.82, 2.24) is 0 Å². The van der Waals surface area contributed by atoms with Crippen LogP contribution in [0.5, 0.6) is 11.5 Å². The molecule has 146 valence electrons. The number of methoxy groups -OCH3 is 1. The molecule has 0 amide bonds. The van der Waals surface area contributed by atoms with Gasteiger partial charge < -0.3 is 14.8 Å². The van der Waals surface area contributed by atoms with E-state index in [2.05, 4.69) is 30.4 Å². The molecular weight excluding hydrogens is 393 g/mol. The van der Waals surface area contributed by atoms with Crippen LogP contribution < -0.4 is 14.8 Å². The predicted octanol–water partition coefficient (Wildman–Crippen LogP) is 6.76. The summed E-state index contributed by atoms with van der Waals surface area (Å²) >= 11 is 12.5. The maximum absolute atomic E-state index is 6.49. The fourth-order valence-electron chi connectivity index (χ4n) is 3.00. The van der Waals surface area contributed by atoms with E-state index in [1.54, 1.807) is 7.11 Å². The third-order valence-corrected chi connectivity index (χ3v) is 4.96. The highest BCUT2D eigenvalue weighted by Gasteiger charge is 2.13. The van der Waals surface area contributed by atoms with Gasteiger partial charge in [-0.05, 0) is 53.4 Å². The lowest BCUT2D eigenvalue weighted by Crippen LogP contribution is -2.04. The molecule has 3 aromatic carbocycles. The average Bonchev–Trinajstić information content (AvgIpc) is 2.71. The van der Waals surface area contributed by atoms with Gasteiger partial charge in [0.25, 0.3) is 0 Å². The van der Waals surface area contributed by atoms with Crippen molar-refractivity contribution in [2.75, 3.05) is 12.4 Å². The van der Waals surface area contributed by atoms with E-state index >= 15 is 0 Å². The van der Waals surface area contributed by atoms with Crippen molar-refractivity contribution in [2.45, 2.75) is 26.5 Å². The molecule has 0 aliphatic carbocycles. The van der Waals surface area contributed by atoms with Crippen LogP contribution in [0.3, 0.4) is 0 Å². The summed E-state index contributed by atoms with van der Waals surface area (Å²) in [6.45, 7) is 3.15. The Hall–Kier alpha value is -2.36. The topological polar surface area (TPSA) is 30.5 Å². The number of nitrogens with one attached hydrogen (secondary N) is 1. The summed E-state index contributed by atoms with van der Waals surface area (Å²) in [5.41, 5.74) is 4.39. The van der Waals surface area contributed by atoms with Crippen LogP contribution in [0.25, 0.3) is 0 Å². The van der Waals surface area contributed by atoms with Gasteiger partial charge in [0.15, 0.2) is 11.5 Å². The quantitative estimate of drug-likeness (QED) is 0.440. The lowest BCUT2D eigenvalue weighted by atomic mass is 10.1. The molecule has 0 aliphatic heterocycles. The van der Waals surface area contributed by atoms with Gasteiger partial charge in [-0.3, -0.25) is 0 Å². The fraction of sp³-hybridized carbons (Fsp3) is 0.217. The summed E-state index contributed by atoms with van der Waals surface area (Å²) in [6, 6.07) is 19.7. The van der Waals surface area contributed by atoms with Crippen molar-refractivity contribution in [2.24, 2.45) is 0 Å². The van der Waals surface area contributed by atoms with Gasteiger partial charge in [-0.1, -0.05) is 60.5 Å². The normalized spacial score (nSPS) is 10.6. The Kier molecular flexibility index (Phi) is 7.07. The molecule has 3 rings (SSSR count). The van der Waals surface area contributed by atoms with E-state index in [1.165, 1.54) is 5.56 Å². The number of benzene rings is 3. The number of hydrogen-bond acceptors (Lipinski definition) is 3. The van der Waals surface area contributed by atoms with Crippen LogP contribution in [-0.2, 0) is 19.6 Å².